The molecule has 0 saturated heterocycles. The van der Waals surface area contributed by atoms with Crippen LogP contribution in [0, 0.1) is 5.21 Å². The maximum absolute atomic E-state index is 12.5. The van der Waals surface area contributed by atoms with Crippen LogP contribution in [0.2, 0.25) is 0 Å². The summed E-state index contributed by atoms with van der Waals surface area (Å²) in [6.45, 7) is 6.50. The molecule has 0 unspecified atom stereocenters. The highest BCUT2D eigenvalue weighted by Crippen LogP contribution is 2.30. The molecule has 0 aliphatic carbocycles. The summed E-state index contributed by atoms with van der Waals surface area (Å²) in [7, 11) is 0. The number of carbonyl (C=O) groups is 1. The molecule has 112 valence electrons. The fraction of sp³-hybridized carbons (Fsp3) is 0.357. The van der Waals surface area contributed by atoms with Crippen LogP contribution in [0.25, 0.3) is 0 Å². The van der Waals surface area contributed by atoms with E-state index < -0.39 is 0 Å². The molecule has 0 saturated carbocycles. The maximum Gasteiger partial charge on any atom is 0.289 e. The molecule has 0 bridgehead atoms. The van der Waals surface area contributed by atoms with Gasteiger partial charge >= 0.3 is 0 Å². The van der Waals surface area contributed by atoms with Crippen molar-refractivity contribution in [2.24, 2.45) is 0 Å². The van der Waals surface area contributed by atoms with Crippen LogP contribution in [-0.2, 0) is 0 Å². The van der Waals surface area contributed by atoms with Crippen LogP contribution in [0.4, 0.5) is 0 Å². The molecule has 0 N–H and O–H groups in total. The highest BCUT2D eigenvalue weighted by atomic mass is 32.1. The zero-order valence-corrected chi connectivity index (χ0v) is 13.0. The number of hydrogen-bond acceptors (Lipinski definition) is 5. The molecule has 0 aromatic carbocycles. The first-order valence-electron chi connectivity index (χ1n) is 6.63. The summed E-state index contributed by atoms with van der Waals surface area (Å²) in [6, 6.07) is 1.83. The molecule has 1 amide bonds. The lowest BCUT2D eigenvalue weighted by molar-refractivity contribution is -0.609. The summed E-state index contributed by atoms with van der Waals surface area (Å²) >= 11 is 1.32. The SMILES string of the molecule is CCN(C(=O)c1sccc1Oc1cnc[n+]([O-])c1)C(C)C. The van der Waals surface area contributed by atoms with Crippen molar-refractivity contribution in [1.82, 2.24) is 9.88 Å². The van der Waals surface area contributed by atoms with Crippen LogP contribution in [0.15, 0.2) is 30.2 Å². The quantitative estimate of drug-likeness (QED) is 0.628. The van der Waals surface area contributed by atoms with E-state index in [0.29, 0.717) is 27.7 Å². The van der Waals surface area contributed by atoms with Crippen molar-refractivity contribution < 1.29 is 14.3 Å². The van der Waals surface area contributed by atoms with Gasteiger partial charge in [-0.25, -0.2) is 4.73 Å². The molecule has 2 aromatic rings. The lowest BCUT2D eigenvalue weighted by Crippen LogP contribution is -2.36. The molecular weight excluding hydrogens is 290 g/mol. The van der Waals surface area contributed by atoms with Crippen molar-refractivity contribution in [1.29, 1.82) is 0 Å². The smallest absolute Gasteiger partial charge is 0.289 e. The average molecular weight is 307 g/mol. The number of ether oxygens (including phenoxy) is 1. The number of nitrogens with zero attached hydrogens (tertiary/aromatic N) is 3. The van der Waals surface area contributed by atoms with Gasteiger partial charge in [-0.15, -0.1) is 11.3 Å². The number of hydrogen-bond donors (Lipinski definition) is 0. The zero-order chi connectivity index (χ0) is 15.4. The molecule has 21 heavy (non-hydrogen) atoms. The number of rotatable bonds is 5. The third-order valence-electron chi connectivity index (χ3n) is 2.91. The minimum absolute atomic E-state index is 0.0728. The first-order valence-corrected chi connectivity index (χ1v) is 7.51. The Morgan fingerprint density at radius 3 is 2.95 bits per heavy atom. The predicted octanol–water partition coefficient (Wildman–Crippen LogP) is 2.44. The van der Waals surface area contributed by atoms with Crippen LogP contribution < -0.4 is 9.47 Å². The lowest BCUT2D eigenvalue weighted by atomic mass is 10.3. The van der Waals surface area contributed by atoms with Crippen LogP contribution in [0.3, 0.4) is 0 Å². The van der Waals surface area contributed by atoms with Gasteiger partial charge in [0.05, 0.1) is 0 Å². The van der Waals surface area contributed by atoms with Gasteiger partial charge in [0, 0.05) is 12.6 Å². The van der Waals surface area contributed by atoms with Crippen molar-refractivity contribution in [2.45, 2.75) is 26.8 Å². The van der Waals surface area contributed by atoms with E-state index in [4.69, 9.17) is 4.74 Å². The molecule has 0 aliphatic heterocycles. The number of carbonyl (C=O) groups excluding carboxylic acids is 1. The van der Waals surface area contributed by atoms with Crippen LogP contribution in [0.5, 0.6) is 11.5 Å². The van der Waals surface area contributed by atoms with Gasteiger partial charge in [-0.05, 0) is 32.2 Å². The Kier molecular flexibility index (Phi) is 4.74. The Bertz CT molecular complexity index is 627. The monoisotopic (exact) mass is 307 g/mol. The van der Waals surface area contributed by atoms with Crippen molar-refractivity contribution in [3.63, 3.8) is 0 Å². The summed E-state index contributed by atoms with van der Waals surface area (Å²) < 4.78 is 6.16. The van der Waals surface area contributed by atoms with E-state index in [1.165, 1.54) is 23.7 Å². The highest BCUT2D eigenvalue weighted by Gasteiger charge is 2.22. The third-order valence-corrected chi connectivity index (χ3v) is 3.80. The molecule has 6 nitrogen and oxygen atoms in total. The summed E-state index contributed by atoms with van der Waals surface area (Å²) in [4.78, 5) is 18.6. The molecule has 0 spiro atoms. The Morgan fingerprint density at radius 1 is 1.57 bits per heavy atom. The van der Waals surface area contributed by atoms with E-state index in [1.807, 2.05) is 20.8 Å². The number of amides is 1. The van der Waals surface area contributed by atoms with E-state index in [-0.39, 0.29) is 11.9 Å². The molecule has 2 heterocycles. The van der Waals surface area contributed by atoms with Crippen molar-refractivity contribution in [3.8, 4) is 11.5 Å². The molecule has 0 fully saturated rings. The standard InChI is InChI=1S/C14H17N3O3S/c1-4-17(10(2)3)14(18)13-12(5-6-21-13)20-11-7-15-9-16(19)8-11/h5-10H,4H2,1-3H3. The Labute approximate surface area is 127 Å². The van der Waals surface area contributed by atoms with Gasteiger partial charge in [-0.3, -0.25) is 4.79 Å². The second-order valence-corrected chi connectivity index (χ2v) is 5.60. The molecule has 0 radical (unpaired) electrons. The van der Waals surface area contributed by atoms with Gasteiger partial charge in [0.1, 0.15) is 11.1 Å². The van der Waals surface area contributed by atoms with Crippen molar-refractivity contribution >= 4 is 17.2 Å². The minimum atomic E-state index is -0.0728. The molecule has 7 heteroatoms. The molecular formula is C14H17N3O3S. The van der Waals surface area contributed by atoms with E-state index >= 15 is 0 Å². The maximum atomic E-state index is 12.5. The predicted molar refractivity (Wildman–Crippen MR) is 79.4 cm³/mol. The molecule has 2 rings (SSSR count). The Balaban J connectivity index is 2.24. The zero-order valence-electron chi connectivity index (χ0n) is 12.1. The van der Waals surface area contributed by atoms with Gasteiger partial charge in [0.25, 0.3) is 12.2 Å². The van der Waals surface area contributed by atoms with Gasteiger partial charge in [0.2, 0.25) is 5.75 Å². The lowest BCUT2D eigenvalue weighted by Gasteiger charge is -2.24. The van der Waals surface area contributed by atoms with Gasteiger partial charge in [-0.1, -0.05) is 4.98 Å². The molecule has 2 aromatic heterocycles. The first kappa shape index (κ1) is 15.2. The summed E-state index contributed by atoms with van der Waals surface area (Å²) in [6.07, 6.45) is 3.82. The number of thiophene rings is 1. The Morgan fingerprint density at radius 2 is 2.33 bits per heavy atom. The fourth-order valence-corrected chi connectivity index (χ4v) is 2.72. The van der Waals surface area contributed by atoms with Crippen molar-refractivity contribution in [3.05, 3.63) is 40.3 Å². The third kappa shape index (κ3) is 3.49. The van der Waals surface area contributed by atoms with Crippen LogP contribution >= 0.6 is 11.3 Å². The van der Waals surface area contributed by atoms with Gasteiger partial charge < -0.3 is 14.8 Å². The average Bonchev–Trinajstić information content (AvgIpc) is 2.87. The largest absolute Gasteiger partial charge is 0.711 e. The second-order valence-electron chi connectivity index (χ2n) is 4.69. The van der Waals surface area contributed by atoms with Crippen LogP contribution in [0.1, 0.15) is 30.4 Å². The first-order chi connectivity index (χ1) is 10.0. The topological polar surface area (TPSA) is 69.4 Å². The van der Waals surface area contributed by atoms with E-state index in [0.717, 1.165) is 6.33 Å². The molecule has 0 aliphatic rings. The van der Waals surface area contributed by atoms with Crippen LogP contribution in [-0.4, -0.2) is 28.4 Å². The van der Waals surface area contributed by atoms with E-state index in [1.54, 1.807) is 16.3 Å². The van der Waals surface area contributed by atoms with E-state index in [2.05, 4.69) is 4.98 Å². The normalized spacial score (nSPS) is 10.7. The number of aromatic nitrogens is 2. The highest BCUT2D eigenvalue weighted by molar-refractivity contribution is 7.12. The summed E-state index contributed by atoms with van der Waals surface area (Å²) in [5, 5.41) is 13.0. The summed E-state index contributed by atoms with van der Waals surface area (Å²) in [5.74, 6) is 0.668. The fourth-order valence-electron chi connectivity index (χ4n) is 1.95. The van der Waals surface area contributed by atoms with Crippen molar-refractivity contribution in [2.75, 3.05) is 6.54 Å². The van der Waals surface area contributed by atoms with Gasteiger partial charge in [0.15, 0.2) is 11.9 Å². The Hall–Kier alpha value is -2.15. The van der Waals surface area contributed by atoms with Gasteiger partial charge in [-0.2, -0.15) is 0 Å². The summed E-state index contributed by atoms with van der Waals surface area (Å²) in [5.41, 5.74) is 0. The minimum Gasteiger partial charge on any atom is -0.711 e. The van der Waals surface area contributed by atoms with E-state index in [9.17, 15) is 10.0 Å². The second kappa shape index (κ2) is 6.53. The molecule has 0 atom stereocenters.